The third-order valence-electron chi connectivity index (χ3n) is 5.73. The molecule has 0 bridgehead atoms. The van der Waals surface area contributed by atoms with Crippen molar-refractivity contribution in [3.05, 3.63) is 71.8 Å². The Balaban J connectivity index is 1.83. The molecule has 1 aromatic heterocycles. The van der Waals surface area contributed by atoms with Gasteiger partial charge >= 0.3 is 0 Å². The third kappa shape index (κ3) is 6.81. The fourth-order valence-corrected chi connectivity index (χ4v) is 4.01. The molecule has 2 aromatic carbocycles. The fourth-order valence-electron chi connectivity index (χ4n) is 4.01. The Morgan fingerprint density at radius 3 is 2.35 bits per heavy atom. The van der Waals surface area contributed by atoms with Crippen LogP contribution < -0.4 is 10.6 Å². The second-order valence-corrected chi connectivity index (χ2v) is 8.90. The maximum Gasteiger partial charge on any atom is 0.271 e. The van der Waals surface area contributed by atoms with Gasteiger partial charge in [0.05, 0.1) is 29.4 Å². The van der Waals surface area contributed by atoms with Crippen LogP contribution in [0.3, 0.4) is 0 Å². The van der Waals surface area contributed by atoms with E-state index in [0.717, 1.165) is 5.56 Å². The summed E-state index contributed by atoms with van der Waals surface area (Å²) in [6, 6.07) is 12.4. The minimum absolute atomic E-state index is 0.125. The van der Waals surface area contributed by atoms with Crippen LogP contribution in [0.2, 0.25) is 0 Å². The smallest absolute Gasteiger partial charge is 0.271 e. The summed E-state index contributed by atoms with van der Waals surface area (Å²) < 4.78 is 13.4. The van der Waals surface area contributed by atoms with Crippen molar-refractivity contribution in [2.45, 2.75) is 45.3 Å². The number of nitrogens with zero attached hydrogens (tertiary/aromatic N) is 2. The predicted molar refractivity (Wildman–Crippen MR) is 129 cm³/mol. The first-order chi connectivity index (χ1) is 16.3. The number of aliphatic hydroxyl groups excluding tert-OH is 1. The molecule has 3 aromatic rings. The number of halogens is 1. The van der Waals surface area contributed by atoms with E-state index in [-0.39, 0.29) is 36.2 Å². The zero-order valence-electron chi connectivity index (χ0n) is 19.7. The maximum atomic E-state index is 13.4. The number of aliphatic hydroxyl groups is 1. The summed E-state index contributed by atoms with van der Waals surface area (Å²) in [5, 5.41) is 16.6. The lowest BCUT2D eigenvalue weighted by Crippen LogP contribution is -2.47. The van der Waals surface area contributed by atoms with Crippen LogP contribution in [-0.2, 0) is 11.2 Å². The molecule has 0 fully saturated rings. The normalized spacial score (nSPS) is 13.9. The summed E-state index contributed by atoms with van der Waals surface area (Å²) in [5.41, 5.74) is 2.13. The molecule has 7 nitrogen and oxygen atoms in total. The summed E-state index contributed by atoms with van der Waals surface area (Å²) in [6.45, 7) is 4.02. The molecule has 0 saturated heterocycles. The predicted octanol–water partition coefficient (Wildman–Crippen LogP) is 3.27. The molecule has 0 saturated carbocycles. The molecule has 0 unspecified atom stereocenters. The molecule has 34 heavy (non-hydrogen) atoms. The van der Waals surface area contributed by atoms with Gasteiger partial charge in [-0.2, -0.15) is 0 Å². The number of nitrogens with one attached hydrogen (secondary N) is 2. The van der Waals surface area contributed by atoms with Crippen LogP contribution in [0.5, 0.6) is 0 Å². The largest absolute Gasteiger partial charge is 0.391 e. The van der Waals surface area contributed by atoms with E-state index in [1.54, 1.807) is 31.3 Å². The molecule has 0 aliphatic carbocycles. The fraction of sp³-hybridized carbons (Fsp3) is 0.385. The molecule has 0 spiro atoms. The van der Waals surface area contributed by atoms with Crippen LogP contribution in [-0.4, -0.2) is 46.1 Å². The molecule has 0 aliphatic heterocycles. The van der Waals surface area contributed by atoms with E-state index in [9.17, 15) is 19.1 Å². The van der Waals surface area contributed by atoms with Crippen molar-refractivity contribution >= 4 is 22.8 Å². The van der Waals surface area contributed by atoms with E-state index >= 15 is 0 Å². The molecule has 3 N–H and O–H groups in total. The van der Waals surface area contributed by atoms with Gasteiger partial charge < -0.3 is 15.7 Å². The second kappa shape index (κ2) is 11.7. The SMILES string of the molecule is CNC(=O)[C@H](CC(C)C)C[C@H](O)[C@H](Cc1ccc(F)cc1)NC(=O)c1cnc2ccccc2n1. The molecule has 3 atom stereocenters. The Hall–Kier alpha value is -3.39. The first-order valence-corrected chi connectivity index (χ1v) is 11.4. The van der Waals surface area contributed by atoms with Gasteiger partial charge in [0.1, 0.15) is 11.5 Å². The van der Waals surface area contributed by atoms with Gasteiger partial charge in [-0.1, -0.05) is 38.1 Å². The Bertz CT molecular complexity index is 1120. The first kappa shape index (κ1) is 25.2. The van der Waals surface area contributed by atoms with Crippen LogP contribution in [0.1, 0.15) is 42.7 Å². The second-order valence-electron chi connectivity index (χ2n) is 8.90. The quantitative estimate of drug-likeness (QED) is 0.425. The highest BCUT2D eigenvalue weighted by atomic mass is 19.1. The van der Waals surface area contributed by atoms with Crippen molar-refractivity contribution < 1.29 is 19.1 Å². The molecule has 1 heterocycles. The topological polar surface area (TPSA) is 104 Å². The zero-order valence-corrected chi connectivity index (χ0v) is 19.7. The summed E-state index contributed by atoms with van der Waals surface area (Å²) >= 11 is 0. The van der Waals surface area contributed by atoms with E-state index in [1.807, 2.05) is 26.0 Å². The monoisotopic (exact) mass is 466 g/mol. The summed E-state index contributed by atoms with van der Waals surface area (Å²) in [4.78, 5) is 34.1. The average Bonchev–Trinajstić information content (AvgIpc) is 2.83. The van der Waals surface area contributed by atoms with Gasteiger partial charge in [0.2, 0.25) is 5.91 Å². The zero-order chi connectivity index (χ0) is 24.7. The summed E-state index contributed by atoms with van der Waals surface area (Å²) in [6.07, 6.45) is 1.42. The van der Waals surface area contributed by atoms with E-state index in [0.29, 0.717) is 17.5 Å². The lowest BCUT2D eigenvalue weighted by molar-refractivity contribution is -0.126. The lowest BCUT2D eigenvalue weighted by Gasteiger charge is -2.28. The van der Waals surface area contributed by atoms with Crippen molar-refractivity contribution in [2.24, 2.45) is 11.8 Å². The van der Waals surface area contributed by atoms with Gasteiger partial charge in [0.15, 0.2) is 0 Å². The molecular formula is C26H31FN4O3. The Morgan fingerprint density at radius 2 is 1.71 bits per heavy atom. The first-order valence-electron chi connectivity index (χ1n) is 11.4. The van der Waals surface area contributed by atoms with Crippen molar-refractivity contribution in [1.82, 2.24) is 20.6 Å². The number of carbonyl (C=O) groups is 2. The maximum absolute atomic E-state index is 13.4. The van der Waals surface area contributed by atoms with E-state index in [4.69, 9.17) is 0 Å². The highest BCUT2D eigenvalue weighted by Crippen LogP contribution is 2.21. The van der Waals surface area contributed by atoms with Crippen LogP contribution >= 0.6 is 0 Å². The van der Waals surface area contributed by atoms with Gasteiger partial charge in [-0.25, -0.2) is 9.37 Å². The number of hydrogen-bond donors (Lipinski definition) is 3. The number of rotatable bonds is 10. The minimum Gasteiger partial charge on any atom is -0.391 e. The van der Waals surface area contributed by atoms with Crippen molar-refractivity contribution in [1.29, 1.82) is 0 Å². The number of hydrogen-bond acceptors (Lipinski definition) is 5. The Labute approximate surface area is 198 Å². The van der Waals surface area contributed by atoms with Gasteiger partial charge in [-0.05, 0) is 55.0 Å². The Morgan fingerprint density at radius 1 is 1.03 bits per heavy atom. The Kier molecular flexibility index (Phi) is 8.65. The molecule has 180 valence electrons. The standard InChI is InChI=1S/C26H31FN4O3/c1-16(2)12-18(25(33)28-3)14-24(32)22(13-17-8-10-19(27)11-9-17)31-26(34)23-15-29-20-6-4-5-7-21(20)30-23/h4-11,15-16,18,22,24,32H,12-14H2,1-3H3,(H,28,33)(H,31,34)/t18-,22+,24+/m1/s1. The van der Waals surface area contributed by atoms with E-state index in [1.165, 1.54) is 18.3 Å². The highest BCUT2D eigenvalue weighted by Gasteiger charge is 2.29. The number of para-hydroxylation sites is 2. The molecule has 3 rings (SSSR count). The minimum atomic E-state index is -1.01. The van der Waals surface area contributed by atoms with E-state index < -0.39 is 24.0 Å². The molecule has 2 amide bonds. The number of aromatic nitrogens is 2. The van der Waals surface area contributed by atoms with Crippen molar-refractivity contribution in [3.8, 4) is 0 Å². The molecule has 0 radical (unpaired) electrons. The number of carbonyl (C=O) groups excluding carboxylic acids is 2. The number of fused-ring (bicyclic) bond motifs is 1. The van der Waals surface area contributed by atoms with Gasteiger partial charge in [-0.3, -0.25) is 14.6 Å². The van der Waals surface area contributed by atoms with Crippen LogP contribution in [0, 0.1) is 17.7 Å². The van der Waals surface area contributed by atoms with E-state index in [2.05, 4.69) is 20.6 Å². The molecular weight excluding hydrogens is 435 g/mol. The highest BCUT2D eigenvalue weighted by molar-refractivity contribution is 5.94. The van der Waals surface area contributed by atoms with Gasteiger partial charge in [0.25, 0.3) is 5.91 Å². The van der Waals surface area contributed by atoms with Crippen molar-refractivity contribution in [2.75, 3.05) is 7.05 Å². The summed E-state index contributed by atoms with van der Waals surface area (Å²) in [5.74, 6) is -1.15. The average molecular weight is 467 g/mol. The lowest BCUT2D eigenvalue weighted by atomic mass is 9.87. The number of benzene rings is 2. The third-order valence-corrected chi connectivity index (χ3v) is 5.73. The van der Waals surface area contributed by atoms with Gasteiger partial charge in [-0.15, -0.1) is 0 Å². The summed E-state index contributed by atoms with van der Waals surface area (Å²) in [7, 11) is 1.57. The van der Waals surface area contributed by atoms with Crippen LogP contribution in [0.15, 0.2) is 54.7 Å². The van der Waals surface area contributed by atoms with Crippen molar-refractivity contribution in [3.63, 3.8) is 0 Å². The van der Waals surface area contributed by atoms with Crippen LogP contribution in [0.4, 0.5) is 4.39 Å². The number of amides is 2. The molecule has 0 aliphatic rings. The van der Waals surface area contributed by atoms with Crippen LogP contribution in [0.25, 0.3) is 11.0 Å². The van der Waals surface area contributed by atoms with Gasteiger partial charge in [0, 0.05) is 13.0 Å². The molecule has 8 heteroatoms.